The fourth-order valence-corrected chi connectivity index (χ4v) is 0.347. The number of rotatable bonds is 2. The Morgan fingerprint density at radius 2 is 2.40 bits per heavy atom. The normalized spacial score (nSPS) is 9.50. The zero-order chi connectivity index (χ0) is 7.98. The summed E-state index contributed by atoms with van der Waals surface area (Å²) in [5.41, 5.74) is 0. The molecule has 0 heterocycles. The summed E-state index contributed by atoms with van der Waals surface area (Å²) in [6, 6.07) is -0.235. The maximum absolute atomic E-state index is 10.7. The second-order valence-electron chi connectivity index (χ2n) is 1.57. The van der Waals surface area contributed by atoms with Crippen molar-refractivity contribution in [2.75, 3.05) is 21.2 Å². The number of amides is 2. The lowest BCUT2D eigenvalue weighted by Gasteiger charge is -2.07. The predicted octanol–water partition coefficient (Wildman–Crippen LogP) is -0.153. The summed E-state index contributed by atoms with van der Waals surface area (Å²) in [5, 5.41) is 5.79. The predicted molar refractivity (Wildman–Crippen MR) is 37.7 cm³/mol. The van der Waals surface area contributed by atoms with E-state index >= 15 is 0 Å². The van der Waals surface area contributed by atoms with Gasteiger partial charge in [-0.1, -0.05) is 5.16 Å². The van der Waals surface area contributed by atoms with Crippen LogP contribution in [0.15, 0.2) is 5.16 Å². The van der Waals surface area contributed by atoms with Crippen LogP contribution in [0.3, 0.4) is 0 Å². The van der Waals surface area contributed by atoms with Gasteiger partial charge in [0.05, 0.1) is 0 Å². The Kier molecular flexibility index (Phi) is 4.02. The van der Waals surface area contributed by atoms with Crippen LogP contribution in [-0.4, -0.2) is 38.5 Å². The molecule has 0 radical (unpaired) electrons. The topological polar surface area (TPSA) is 53.9 Å². The van der Waals surface area contributed by atoms with Crippen LogP contribution < -0.4 is 5.32 Å². The zero-order valence-corrected chi connectivity index (χ0v) is 6.29. The molecule has 0 bridgehead atoms. The average molecular weight is 145 g/mol. The number of nitrogens with one attached hydrogen (secondary N) is 1. The molecule has 0 aromatic rings. The van der Waals surface area contributed by atoms with Crippen LogP contribution in [0.4, 0.5) is 4.79 Å². The highest BCUT2D eigenvalue weighted by Crippen LogP contribution is 1.77. The minimum absolute atomic E-state index is 0.235. The van der Waals surface area contributed by atoms with Crippen LogP contribution in [-0.2, 0) is 4.84 Å². The van der Waals surface area contributed by atoms with Crippen molar-refractivity contribution in [3.8, 4) is 0 Å². The molecule has 0 unspecified atom stereocenters. The molecule has 0 saturated carbocycles. The van der Waals surface area contributed by atoms with Gasteiger partial charge in [-0.05, 0) is 0 Å². The zero-order valence-electron chi connectivity index (χ0n) is 6.29. The van der Waals surface area contributed by atoms with E-state index in [1.54, 1.807) is 14.1 Å². The van der Waals surface area contributed by atoms with E-state index < -0.39 is 0 Å². The number of urea groups is 1. The third kappa shape index (κ3) is 2.91. The number of hydrogen-bond acceptors (Lipinski definition) is 3. The molecule has 0 spiro atoms. The highest BCUT2D eigenvalue weighted by Gasteiger charge is 1.99. The van der Waals surface area contributed by atoms with Gasteiger partial charge in [-0.3, -0.25) is 4.90 Å². The summed E-state index contributed by atoms with van der Waals surface area (Å²) >= 11 is 0. The third-order valence-corrected chi connectivity index (χ3v) is 0.860. The smallest absolute Gasteiger partial charge is 0.322 e. The Hall–Kier alpha value is -1.26. The molecule has 0 fully saturated rings. The van der Waals surface area contributed by atoms with Gasteiger partial charge < -0.3 is 10.2 Å². The standard InChI is InChI=1S/C5H11N3O2/c1-6-5(9)8(2)4-7-10-3/h4H,1-3H3,(H,6,9)/b7-4+. The molecule has 5 nitrogen and oxygen atoms in total. The van der Waals surface area contributed by atoms with Crippen LogP contribution in [0.5, 0.6) is 0 Å². The molecule has 0 aliphatic rings. The van der Waals surface area contributed by atoms with E-state index in [0.29, 0.717) is 0 Å². The molecule has 5 heteroatoms. The summed E-state index contributed by atoms with van der Waals surface area (Å²) in [6.07, 6.45) is 1.28. The Bertz CT molecular complexity index is 135. The van der Waals surface area contributed by atoms with Crippen LogP contribution in [0.2, 0.25) is 0 Å². The molecule has 1 N–H and O–H groups in total. The molecule has 0 aromatic heterocycles. The first kappa shape index (κ1) is 8.74. The summed E-state index contributed by atoms with van der Waals surface area (Å²) < 4.78 is 0. The fraction of sp³-hybridized carbons (Fsp3) is 0.600. The van der Waals surface area contributed by atoms with Gasteiger partial charge >= 0.3 is 6.03 Å². The first-order valence-electron chi connectivity index (χ1n) is 2.73. The van der Waals surface area contributed by atoms with Gasteiger partial charge in [-0.15, -0.1) is 0 Å². The summed E-state index contributed by atoms with van der Waals surface area (Å²) in [5.74, 6) is 0. The maximum atomic E-state index is 10.7. The molecule has 0 rings (SSSR count). The molecule has 0 aliphatic heterocycles. The van der Waals surface area contributed by atoms with Gasteiger partial charge in [0.1, 0.15) is 13.4 Å². The number of carbonyl (C=O) groups excluding carboxylic acids is 1. The Balaban J connectivity index is 3.72. The minimum Gasteiger partial charge on any atom is -0.398 e. The first-order valence-corrected chi connectivity index (χ1v) is 2.73. The lowest BCUT2D eigenvalue weighted by molar-refractivity contribution is 0.206. The second-order valence-corrected chi connectivity index (χ2v) is 1.57. The number of nitrogens with zero attached hydrogens (tertiary/aromatic N) is 2. The van der Waals surface area contributed by atoms with E-state index in [-0.39, 0.29) is 6.03 Å². The first-order chi connectivity index (χ1) is 4.72. The Labute approximate surface area is 59.6 Å². The minimum atomic E-state index is -0.235. The van der Waals surface area contributed by atoms with Gasteiger partial charge in [0, 0.05) is 14.1 Å². The van der Waals surface area contributed by atoms with Crippen LogP contribution in [0.1, 0.15) is 0 Å². The van der Waals surface area contributed by atoms with Gasteiger partial charge in [0.15, 0.2) is 0 Å². The molecule has 10 heavy (non-hydrogen) atoms. The highest BCUT2D eigenvalue weighted by atomic mass is 16.6. The van der Waals surface area contributed by atoms with Gasteiger partial charge in [-0.25, -0.2) is 4.79 Å². The molecule has 0 aromatic carbocycles. The highest BCUT2D eigenvalue weighted by molar-refractivity contribution is 5.85. The summed E-state index contributed by atoms with van der Waals surface area (Å²) in [4.78, 5) is 16.3. The van der Waals surface area contributed by atoms with E-state index in [1.807, 2.05) is 0 Å². The molecule has 0 aliphatic carbocycles. The summed E-state index contributed by atoms with van der Waals surface area (Å²) in [6.45, 7) is 0. The van der Waals surface area contributed by atoms with Crippen molar-refractivity contribution in [3.05, 3.63) is 0 Å². The number of hydrogen-bond donors (Lipinski definition) is 1. The van der Waals surface area contributed by atoms with Crippen LogP contribution in [0, 0.1) is 0 Å². The molecule has 58 valence electrons. The van der Waals surface area contributed by atoms with E-state index in [2.05, 4.69) is 15.3 Å². The van der Waals surface area contributed by atoms with Crippen molar-refractivity contribution < 1.29 is 9.63 Å². The van der Waals surface area contributed by atoms with Crippen molar-refractivity contribution in [1.82, 2.24) is 10.2 Å². The van der Waals surface area contributed by atoms with Crippen LogP contribution in [0.25, 0.3) is 0 Å². The lowest BCUT2D eigenvalue weighted by atomic mass is 10.8. The van der Waals surface area contributed by atoms with Gasteiger partial charge in [-0.2, -0.15) is 0 Å². The van der Waals surface area contributed by atoms with Crippen molar-refractivity contribution in [2.24, 2.45) is 5.16 Å². The third-order valence-electron chi connectivity index (χ3n) is 0.860. The van der Waals surface area contributed by atoms with Crippen molar-refractivity contribution in [1.29, 1.82) is 0 Å². The largest absolute Gasteiger partial charge is 0.398 e. The summed E-state index contributed by atoms with van der Waals surface area (Å²) in [7, 11) is 4.52. The maximum Gasteiger partial charge on any atom is 0.322 e. The second kappa shape index (κ2) is 4.60. The number of oxime groups is 1. The van der Waals surface area contributed by atoms with E-state index in [4.69, 9.17) is 0 Å². The number of carbonyl (C=O) groups is 1. The molecular weight excluding hydrogens is 134 g/mol. The van der Waals surface area contributed by atoms with E-state index in [9.17, 15) is 4.79 Å². The fourth-order valence-electron chi connectivity index (χ4n) is 0.347. The van der Waals surface area contributed by atoms with Crippen LogP contribution >= 0.6 is 0 Å². The van der Waals surface area contributed by atoms with Gasteiger partial charge in [0.25, 0.3) is 0 Å². The van der Waals surface area contributed by atoms with Gasteiger partial charge in [0.2, 0.25) is 0 Å². The SMILES string of the molecule is CNC(=O)N(C)/C=N/OC. The Morgan fingerprint density at radius 1 is 1.80 bits per heavy atom. The Morgan fingerprint density at radius 3 is 2.80 bits per heavy atom. The van der Waals surface area contributed by atoms with Crippen molar-refractivity contribution in [2.45, 2.75) is 0 Å². The average Bonchev–Trinajstić information content (AvgIpc) is 1.98. The monoisotopic (exact) mass is 145 g/mol. The molecule has 0 saturated heterocycles. The van der Waals surface area contributed by atoms with Crippen molar-refractivity contribution >= 4 is 12.4 Å². The molecule has 0 atom stereocenters. The molecule has 2 amide bonds. The van der Waals surface area contributed by atoms with E-state index in [1.165, 1.54) is 18.3 Å². The quantitative estimate of drug-likeness (QED) is 0.333. The van der Waals surface area contributed by atoms with Crippen molar-refractivity contribution in [3.63, 3.8) is 0 Å². The molecular formula is C5H11N3O2. The lowest BCUT2D eigenvalue weighted by Crippen LogP contribution is -2.33. The van der Waals surface area contributed by atoms with E-state index in [0.717, 1.165) is 0 Å².